The number of hydrogen-bond acceptors (Lipinski definition) is 3. The van der Waals surface area contributed by atoms with E-state index < -0.39 is 0 Å². The molecule has 0 unspecified atom stereocenters. The van der Waals surface area contributed by atoms with Crippen molar-refractivity contribution in [2.45, 2.75) is 31.7 Å². The van der Waals surface area contributed by atoms with Crippen LogP contribution in [-0.4, -0.2) is 21.5 Å². The number of para-hydroxylation sites is 1. The third kappa shape index (κ3) is 2.63. The summed E-state index contributed by atoms with van der Waals surface area (Å²) in [6.45, 7) is 0. The van der Waals surface area contributed by atoms with E-state index in [1.165, 1.54) is 6.07 Å². The average molecular weight is 290 g/mol. The first-order chi connectivity index (χ1) is 10.1. The van der Waals surface area contributed by atoms with Gasteiger partial charge in [0.15, 0.2) is 5.82 Å². The van der Waals surface area contributed by atoms with Crippen LogP contribution in [0.5, 0.6) is 0 Å². The summed E-state index contributed by atoms with van der Waals surface area (Å²) >= 11 is 0. The van der Waals surface area contributed by atoms with Gasteiger partial charge in [-0.15, -0.1) is 0 Å². The van der Waals surface area contributed by atoms with Gasteiger partial charge in [0, 0.05) is 19.5 Å². The first kappa shape index (κ1) is 14.0. The van der Waals surface area contributed by atoms with Gasteiger partial charge in [-0.3, -0.25) is 10.1 Å². The Balaban J connectivity index is 1.77. The Kier molecular flexibility index (Phi) is 3.63. The van der Waals surface area contributed by atoms with Crippen LogP contribution in [0.4, 0.5) is 10.3 Å². The number of nitrogens with one attached hydrogen (secondary N) is 1. The molecule has 3 N–H and O–H groups in total. The summed E-state index contributed by atoms with van der Waals surface area (Å²) in [5.41, 5.74) is 6.91. The van der Waals surface area contributed by atoms with Crippen LogP contribution in [-0.2, 0) is 11.8 Å². The predicted octanol–water partition coefficient (Wildman–Crippen LogP) is 2.17. The SMILES string of the molecule is Cn1c(NC(=O)C[C@@H]2CCC[C@H]2N)nc2c(F)cccc21. The lowest BCUT2D eigenvalue weighted by Gasteiger charge is -2.14. The van der Waals surface area contributed by atoms with Crippen LogP contribution in [0, 0.1) is 11.7 Å². The zero-order valence-corrected chi connectivity index (χ0v) is 12.0. The van der Waals surface area contributed by atoms with Crippen LogP contribution in [0.2, 0.25) is 0 Å². The summed E-state index contributed by atoms with van der Waals surface area (Å²) < 4.78 is 15.4. The number of carbonyl (C=O) groups is 1. The van der Waals surface area contributed by atoms with Crippen LogP contribution in [0.3, 0.4) is 0 Å². The number of rotatable bonds is 3. The summed E-state index contributed by atoms with van der Waals surface area (Å²) in [5, 5.41) is 2.76. The molecule has 1 fully saturated rings. The lowest BCUT2D eigenvalue weighted by molar-refractivity contribution is -0.117. The van der Waals surface area contributed by atoms with Gasteiger partial charge in [-0.1, -0.05) is 12.5 Å². The predicted molar refractivity (Wildman–Crippen MR) is 79.2 cm³/mol. The lowest BCUT2D eigenvalue weighted by Crippen LogP contribution is -2.28. The molecule has 1 saturated carbocycles. The van der Waals surface area contributed by atoms with Gasteiger partial charge in [0.05, 0.1) is 5.52 Å². The number of carbonyl (C=O) groups excluding carboxylic acids is 1. The molecule has 1 heterocycles. The van der Waals surface area contributed by atoms with Crippen LogP contribution in [0.25, 0.3) is 11.0 Å². The molecule has 112 valence electrons. The van der Waals surface area contributed by atoms with Gasteiger partial charge in [-0.05, 0) is 30.9 Å². The number of nitrogens with two attached hydrogens (primary N) is 1. The van der Waals surface area contributed by atoms with Crippen molar-refractivity contribution in [2.75, 3.05) is 5.32 Å². The van der Waals surface area contributed by atoms with E-state index in [4.69, 9.17) is 5.73 Å². The second-order valence-electron chi connectivity index (χ2n) is 5.71. The number of anilines is 1. The molecule has 1 aliphatic rings. The van der Waals surface area contributed by atoms with E-state index in [2.05, 4.69) is 10.3 Å². The van der Waals surface area contributed by atoms with E-state index in [9.17, 15) is 9.18 Å². The number of nitrogens with zero attached hydrogens (tertiary/aromatic N) is 2. The van der Waals surface area contributed by atoms with Gasteiger partial charge >= 0.3 is 0 Å². The minimum atomic E-state index is -0.388. The second kappa shape index (κ2) is 5.44. The minimum Gasteiger partial charge on any atom is -0.327 e. The number of hydrogen-bond donors (Lipinski definition) is 2. The van der Waals surface area contributed by atoms with E-state index in [-0.39, 0.29) is 29.2 Å². The van der Waals surface area contributed by atoms with Crippen molar-refractivity contribution in [3.8, 4) is 0 Å². The number of aromatic nitrogens is 2. The van der Waals surface area contributed by atoms with Crippen LogP contribution >= 0.6 is 0 Å². The highest BCUT2D eigenvalue weighted by Gasteiger charge is 2.26. The standard InChI is InChI=1S/C15H19FN4O/c1-20-12-7-3-5-10(16)14(12)19-15(20)18-13(21)8-9-4-2-6-11(9)17/h3,5,7,9,11H,2,4,6,8,17H2,1H3,(H,18,19,21)/t9-,11+/m0/s1. The van der Waals surface area contributed by atoms with Gasteiger partial charge in [0.25, 0.3) is 0 Å². The molecule has 1 aliphatic carbocycles. The zero-order chi connectivity index (χ0) is 15.0. The maximum absolute atomic E-state index is 13.7. The molecule has 0 spiro atoms. The molecule has 3 rings (SSSR count). The largest absolute Gasteiger partial charge is 0.327 e. The fraction of sp³-hybridized carbons (Fsp3) is 0.467. The molecule has 0 aliphatic heterocycles. The van der Waals surface area contributed by atoms with Crippen molar-refractivity contribution in [3.63, 3.8) is 0 Å². The number of benzene rings is 1. The molecule has 1 aromatic heterocycles. The molecule has 5 nitrogen and oxygen atoms in total. The van der Waals surface area contributed by atoms with Gasteiger partial charge in [0.2, 0.25) is 11.9 Å². The van der Waals surface area contributed by atoms with Crippen molar-refractivity contribution >= 4 is 22.9 Å². The summed E-state index contributed by atoms with van der Waals surface area (Å²) in [6.07, 6.45) is 3.45. The van der Waals surface area contributed by atoms with Crippen LogP contribution < -0.4 is 11.1 Å². The summed E-state index contributed by atoms with van der Waals surface area (Å²) in [7, 11) is 1.76. The van der Waals surface area contributed by atoms with Crippen molar-refractivity contribution < 1.29 is 9.18 Å². The topological polar surface area (TPSA) is 72.9 Å². The van der Waals surface area contributed by atoms with E-state index in [1.807, 2.05) is 0 Å². The van der Waals surface area contributed by atoms with Gasteiger partial charge in [-0.2, -0.15) is 0 Å². The molecular formula is C15H19FN4O. The Labute approximate surface area is 122 Å². The number of imidazole rings is 1. The van der Waals surface area contributed by atoms with E-state index >= 15 is 0 Å². The molecule has 0 saturated heterocycles. The molecule has 2 aromatic rings. The highest BCUT2D eigenvalue weighted by Crippen LogP contribution is 2.27. The average Bonchev–Trinajstić information content (AvgIpc) is 2.97. The third-order valence-corrected chi connectivity index (χ3v) is 4.28. The van der Waals surface area contributed by atoms with E-state index in [1.54, 1.807) is 23.7 Å². The molecule has 0 bridgehead atoms. The Bertz CT molecular complexity index is 682. The quantitative estimate of drug-likeness (QED) is 0.910. The highest BCUT2D eigenvalue weighted by atomic mass is 19.1. The minimum absolute atomic E-state index is 0.105. The zero-order valence-electron chi connectivity index (χ0n) is 12.0. The Morgan fingerprint density at radius 2 is 2.33 bits per heavy atom. The second-order valence-corrected chi connectivity index (χ2v) is 5.71. The number of fused-ring (bicyclic) bond motifs is 1. The molecule has 0 radical (unpaired) electrons. The molecular weight excluding hydrogens is 271 g/mol. The fourth-order valence-corrected chi connectivity index (χ4v) is 3.02. The Morgan fingerprint density at radius 3 is 3.00 bits per heavy atom. The molecule has 1 amide bonds. The van der Waals surface area contributed by atoms with E-state index in [0.717, 1.165) is 19.3 Å². The molecule has 1 aromatic carbocycles. The highest BCUT2D eigenvalue weighted by molar-refractivity contribution is 5.91. The lowest BCUT2D eigenvalue weighted by atomic mass is 10.00. The Morgan fingerprint density at radius 1 is 1.52 bits per heavy atom. The van der Waals surface area contributed by atoms with Crippen LogP contribution in [0.15, 0.2) is 18.2 Å². The third-order valence-electron chi connectivity index (χ3n) is 4.28. The van der Waals surface area contributed by atoms with E-state index in [0.29, 0.717) is 17.9 Å². The van der Waals surface area contributed by atoms with Gasteiger partial charge in [-0.25, -0.2) is 9.37 Å². The van der Waals surface area contributed by atoms with Crippen molar-refractivity contribution in [1.82, 2.24) is 9.55 Å². The van der Waals surface area contributed by atoms with Crippen molar-refractivity contribution in [1.29, 1.82) is 0 Å². The summed E-state index contributed by atoms with van der Waals surface area (Å²) in [6, 6.07) is 4.86. The van der Waals surface area contributed by atoms with Gasteiger partial charge in [0.1, 0.15) is 5.52 Å². The molecule has 21 heavy (non-hydrogen) atoms. The summed E-state index contributed by atoms with van der Waals surface area (Å²) in [4.78, 5) is 16.3. The van der Waals surface area contributed by atoms with Crippen LogP contribution in [0.1, 0.15) is 25.7 Å². The van der Waals surface area contributed by atoms with Crippen molar-refractivity contribution in [2.24, 2.45) is 18.7 Å². The first-order valence-electron chi connectivity index (χ1n) is 7.22. The fourth-order valence-electron chi connectivity index (χ4n) is 3.02. The number of aryl methyl sites for hydroxylation is 1. The normalized spacial score (nSPS) is 21.9. The molecule has 2 atom stereocenters. The maximum atomic E-state index is 13.7. The number of halogens is 1. The first-order valence-corrected chi connectivity index (χ1v) is 7.22. The monoisotopic (exact) mass is 290 g/mol. The number of amides is 1. The Hall–Kier alpha value is -1.95. The molecule has 6 heteroatoms. The summed E-state index contributed by atoms with van der Waals surface area (Å²) in [5.74, 6) is 0.0978. The van der Waals surface area contributed by atoms with Crippen molar-refractivity contribution in [3.05, 3.63) is 24.0 Å². The van der Waals surface area contributed by atoms with Gasteiger partial charge < -0.3 is 10.3 Å². The smallest absolute Gasteiger partial charge is 0.227 e. The maximum Gasteiger partial charge on any atom is 0.227 e.